The zero-order valence-electron chi connectivity index (χ0n) is 10.7. The van der Waals surface area contributed by atoms with Gasteiger partial charge >= 0.3 is 5.97 Å². The molecule has 1 N–H and O–H groups in total. The third-order valence-corrected chi connectivity index (χ3v) is 2.83. The average Bonchev–Trinajstić information content (AvgIpc) is 2.78. The van der Waals surface area contributed by atoms with E-state index in [0.717, 1.165) is 25.2 Å². The average molecular weight is 249 g/mol. The molecule has 0 aromatic carbocycles. The van der Waals surface area contributed by atoms with Gasteiger partial charge in [-0.05, 0) is 32.4 Å². The van der Waals surface area contributed by atoms with Crippen LogP contribution >= 0.6 is 0 Å². The van der Waals surface area contributed by atoms with E-state index in [9.17, 15) is 4.79 Å². The van der Waals surface area contributed by atoms with E-state index in [1.165, 1.54) is 12.0 Å². The fourth-order valence-corrected chi connectivity index (χ4v) is 2.00. The summed E-state index contributed by atoms with van der Waals surface area (Å²) in [5.74, 6) is -0.228. The fourth-order valence-electron chi connectivity index (χ4n) is 2.00. The van der Waals surface area contributed by atoms with Gasteiger partial charge in [0.05, 0.1) is 18.6 Å². The van der Waals surface area contributed by atoms with Crippen molar-refractivity contribution in [1.82, 2.24) is 14.9 Å². The van der Waals surface area contributed by atoms with E-state index in [-0.39, 0.29) is 12.5 Å². The topological polar surface area (TPSA) is 56.2 Å². The highest BCUT2D eigenvalue weighted by Gasteiger charge is 2.07. The maximum absolute atomic E-state index is 11.3. The Morgan fingerprint density at radius 2 is 2.56 bits per heavy atom. The first-order valence-electron chi connectivity index (χ1n) is 6.35. The van der Waals surface area contributed by atoms with Crippen molar-refractivity contribution in [1.29, 1.82) is 0 Å². The molecular weight excluding hydrogens is 230 g/mol. The summed E-state index contributed by atoms with van der Waals surface area (Å²) in [6, 6.07) is 0. The van der Waals surface area contributed by atoms with Crippen molar-refractivity contribution in [3.8, 4) is 0 Å². The molecule has 0 radical (unpaired) electrons. The Balaban J connectivity index is 1.95. The minimum Gasteiger partial charge on any atom is -0.465 e. The second-order valence-corrected chi connectivity index (χ2v) is 4.36. The highest BCUT2D eigenvalue weighted by Crippen LogP contribution is 2.12. The molecule has 98 valence electrons. The molecule has 2 heterocycles. The summed E-state index contributed by atoms with van der Waals surface area (Å²) in [6.07, 6.45) is 7.93. The maximum Gasteiger partial charge on any atom is 0.325 e. The molecule has 0 atom stereocenters. The molecule has 0 bridgehead atoms. The lowest BCUT2D eigenvalue weighted by molar-refractivity contribution is -0.143. The number of rotatable bonds is 4. The van der Waals surface area contributed by atoms with E-state index in [2.05, 4.69) is 16.4 Å². The first kappa shape index (κ1) is 12.8. The fraction of sp³-hybridized carbons (Fsp3) is 0.538. The van der Waals surface area contributed by atoms with Gasteiger partial charge < -0.3 is 14.6 Å². The number of ether oxygens (including phenoxy) is 1. The van der Waals surface area contributed by atoms with Crippen molar-refractivity contribution in [2.24, 2.45) is 0 Å². The lowest BCUT2D eigenvalue weighted by Gasteiger charge is -2.14. The van der Waals surface area contributed by atoms with Crippen LogP contribution in [0.1, 0.15) is 25.5 Å². The smallest absolute Gasteiger partial charge is 0.325 e. The summed E-state index contributed by atoms with van der Waals surface area (Å²) in [5.41, 5.74) is 2.26. The van der Waals surface area contributed by atoms with E-state index in [4.69, 9.17) is 4.74 Å². The predicted molar refractivity (Wildman–Crippen MR) is 68.9 cm³/mol. The molecule has 0 amide bonds. The lowest BCUT2D eigenvalue weighted by Crippen LogP contribution is -2.23. The van der Waals surface area contributed by atoms with E-state index in [1.807, 2.05) is 6.20 Å². The number of nitrogens with one attached hydrogen (secondary N) is 1. The molecule has 2 rings (SSSR count). The summed E-state index contributed by atoms with van der Waals surface area (Å²) in [7, 11) is 0. The number of hydrogen-bond acceptors (Lipinski definition) is 4. The Morgan fingerprint density at radius 1 is 1.67 bits per heavy atom. The number of carbonyl (C=O) groups is 1. The Hall–Kier alpha value is -1.62. The van der Waals surface area contributed by atoms with Gasteiger partial charge in [-0.3, -0.25) is 4.79 Å². The standard InChI is InChI=1S/C13H19N3O2/c1-2-18-13(17)9-16-8-12(15-10-16)6-11-4-3-5-14-7-11/h6,8,10,14H,2-5,7,9H2,1H3. The van der Waals surface area contributed by atoms with Gasteiger partial charge in [-0.15, -0.1) is 0 Å². The van der Waals surface area contributed by atoms with Crippen molar-refractivity contribution >= 4 is 12.0 Å². The van der Waals surface area contributed by atoms with Crippen molar-refractivity contribution in [2.75, 3.05) is 19.7 Å². The second kappa shape index (κ2) is 6.35. The van der Waals surface area contributed by atoms with Crippen LogP contribution in [0.4, 0.5) is 0 Å². The summed E-state index contributed by atoms with van der Waals surface area (Å²) in [4.78, 5) is 15.6. The van der Waals surface area contributed by atoms with E-state index in [0.29, 0.717) is 6.61 Å². The van der Waals surface area contributed by atoms with E-state index in [1.54, 1.807) is 17.8 Å². The number of aromatic nitrogens is 2. The molecule has 1 aliphatic rings. The molecule has 1 aromatic rings. The molecule has 18 heavy (non-hydrogen) atoms. The molecule has 0 spiro atoms. The van der Waals surface area contributed by atoms with E-state index >= 15 is 0 Å². The van der Waals surface area contributed by atoms with Gasteiger partial charge in [0.1, 0.15) is 6.54 Å². The molecule has 1 saturated heterocycles. The second-order valence-electron chi connectivity index (χ2n) is 4.36. The monoisotopic (exact) mass is 249 g/mol. The summed E-state index contributed by atoms with van der Waals surface area (Å²) >= 11 is 0. The van der Waals surface area contributed by atoms with Crippen LogP contribution in [0.5, 0.6) is 0 Å². The third kappa shape index (κ3) is 3.70. The Labute approximate surface area is 107 Å². The third-order valence-electron chi connectivity index (χ3n) is 2.83. The predicted octanol–water partition coefficient (Wildman–Crippen LogP) is 1.21. The molecule has 1 fully saturated rings. The minimum atomic E-state index is -0.228. The van der Waals surface area contributed by atoms with Crippen LogP contribution in [0.25, 0.3) is 6.08 Å². The van der Waals surface area contributed by atoms with Crippen LogP contribution in [-0.2, 0) is 16.1 Å². The SMILES string of the molecule is CCOC(=O)Cn1cnc(C=C2CCCNC2)c1. The lowest BCUT2D eigenvalue weighted by atomic mass is 10.1. The van der Waals surface area contributed by atoms with Crippen LogP contribution in [-0.4, -0.2) is 35.2 Å². The van der Waals surface area contributed by atoms with Gasteiger partial charge in [0.25, 0.3) is 0 Å². The van der Waals surface area contributed by atoms with Crippen LogP contribution in [0.15, 0.2) is 18.1 Å². The summed E-state index contributed by atoms with van der Waals surface area (Å²) < 4.78 is 6.64. The number of imidazole rings is 1. The number of hydrogen-bond donors (Lipinski definition) is 1. The number of carbonyl (C=O) groups excluding carboxylic acids is 1. The zero-order chi connectivity index (χ0) is 12.8. The molecular formula is C13H19N3O2. The largest absolute Gasteiger partial charge is 0.465 e. The van der Waals surface area contributed by atoms with Crippen molar-refractivity contribution in [3.05, 3.63) is 23.8 Å². The molecule has 5 nitrogen and oxygen atoms in total. The minimum absolute atomic E-state index is 0.224. The molecule has 0 aliphatic carbocycles. The van der Waals surface area contributed by atoms with Gasteiger partial charge in [0.15, 0.2) is 0 Å². The molecule has 1 aliphatic heterocycles. The van der Waals surface area contributed by atoms with Gasteiger partial charge in [0.2, 0.25) is 0 Å². The first-order valence-corrected chi connectivity index (χ1v) is 6.35. The highest BCUT2D eigenvalue weighted by molar-refractivity contribution is 5.69. The van der Waals surface area contributed by atoms with Crippen molar-refractivity contribution in [3.63, 3.8) is 0 Å². The summed E-state index contributed by atoms with van der Waals surface area (Å²) in [6.45, 7) is 4.47. The maximum atomic E-state index is 11.3. The van der Waals surface area contributed by atoms with Gasteiger partial charge in [-0.2, -0.15) is 0 Å². The zero-order valence-corrected chi connectivity index (χ0v) is 10.7. The van der Waals surface area contributed by atoms with Crippen molar-refractivity contribution in [2.45, 2.75) is 26.3 Å². The quantitative estimate of drug-likeness (QED) is 0.815. The van der Waals surface area contributed by atoms with E-state index < -0.39 is 0 Å². The highest BCUT2D eigenvalue weighted by atomic mass is 16.5. The Bertz CT molecular complexity index is 429. The Morgan fingerprint density at radius 3 is 3.28 bits per heavy atom. The number of esters is 1. The van der Waals surface area contributed by atoms with Crippen LogP contribution in [0, 0.1) is 0 Å². The van der Waals surface area contributed by atoms with Gasteiger partial charge in [-0.25, -0.2) is 4.98 Å². The Kier molecular flexibility index (Phi) is 4.52. The first-order chi connectivity index (χ1) is 8.78. The van der Waals surface area contributed by atoms with Crippen LogP contribution < -0.4 is 5.32 Å². The molecule has 0 saturated carbocycles. The number of piperidine rings is 1. The normalized spacial score (nSPS) is 17.9. The van der Waals surface area contributed by atoms with Crippen LogP contribution in [0.2, 0.25) is 0 Å². The van der Waals surface area contributed by atoms with Gasteiger partial charge in [-0.1, -0.05) is 5.57 Å². The number of nitrogens with zero attached hydrogens (tertiary/aromatic N) is 2. The molecule has 1 aromatic heterocycles. The molecule has 5 heteroatoms. The van der Waals surface area contributed by atoms with Crippen LogP contribution in [0.3, 0.4) is 0 Å². The van der Waals surface area contributed by atoms with Gasteiger partial charge in [0, 0.05) is 12.7 Å². The summed E-state index contributed by atoms with van der Waals surface area (Å²) in [5, 5.41) is 3.33. The van der Waals surface area contributed by atoms with Crippen molar-refractivity contribution < 1.29 is 9.53 Å². The molecule has 0 unspecified atom stereocenters.